The first kappa shape index (κ1) is 11.0. The Morgan fingerprint density at radius 2 is 2.00 bits per heavy atom. The molecule has 2 rings (SSSR count). The van der Waals surface area contributed by atoms with E-state index in [9.17, 15) is 0 Å². The van der Waals surface area contributed by atoms with E-state index in [1.165, 1.54) is 25.7 Å². The van der Waals surface area contributed by atoms with Crippen LogP contribution in [0.25, 0.3) is 0 Å². The highest BCUT2D eigenvalue weighted by Gasteiger charge is 2.44. The lowest BCUT2D eigenvalue weighted by molar-refractivity contribution is -0.0464. The zero-order valence-corrected chi connectivity index (χ0v) is 9.18. The van der Waals surface area contributed by atoms with Crippen LogP contribution in [0.1, 0.15) is 52.9 Å². The van der Waals surface area contributed by atoms with E-state index in [1.54, 1.807) is 0 Å². The molecule has 0 radical (unpaired) electrons. The average Bonchev–Trinajstić information content (AvgIpc) is 2.61. The normalized spacial score (nSPS) is 42.5. The summed E-state index contributed by atoms with van der Waals surface area (Å²) in [6, 6.07) is 0. The Morgan fingerprint density at radius 1 is 1.31 bits per heavy atom. The molecule has 3 atom stereocenters. The second-order valence-corrected chi connectivity index (χ2v) is 3.95. The van der Waals surface area contributed by atoms with Crippen LogP contribution in [0.2, 0.25) is 0 Å². The minimum absolute atomic E-state index is 0.00694. The van der Waals surface area contributed by atoms with Crippen LogP contribution < -0.4 is 5.73 Å². The Bertz CT molecular complexity index is 160. The molecule has 0 aromatic heterocycles. The summed E-state index contributed by atoms with van der Waals surface area (Å²) in [5.74, 6) is 0. The third kappa shape index (κ3) is 2.05. The van der Waals surface area contributed by atoms with Crippen molar-refractivity contribution in [2.45, 2.75) is 70.6 Å². The molecule has 13 heavy (non-hydrogen) atoms. The lowest BCUT2D eigenvalue weighted by Crippen LogP contribution is -2.52. The first-order chi connectivity index (χ1) is 6.24. The van der Waals surface area contributed by atoms with Gasteiger partial charge in [-0.1, -0.05) is 20.8 Å². The van der Waals surface area contributed by atoms with Gasteiger partial charge in [-0.2, -0.15) is 0 Å². The number of ether oxygens (including phenoxy) is 1. The standard InChI is InChI=1S/C9H17NO.C2H6/c1-2-9(10)6-5-7-3-4-8(9)11-7;1-2/h7-8H,2-6,10H2,1H3;1-2H3. The predicted molar refractivity (Wildman–Crippen MR) is 55.7 cm³/mol. The van der Waals surface area contributed by atoms with E-state index < -0.39 is 0 Å². The van der Waals surface area contributed by atoms with E-state index in [0.717, 1.165) is 6.42 Å². The van der Waals surface area contributed by atoms with Crippen LogP contribution in [0.4, 0.5) is 0 Å². The molecule has 2 fully saturated rings. The third-order valence-corrected chi connectivity index (χ3v) is 3.34. The van der Waals surface area contributed by atoms with Crippen LogP contribution in [-0.2, 0) is 4.74 Å². The Balaban J connectivity index is 0.000000396. The van der Waals surface area contributed by atoms with Gasteiger partial charge in [-0.05, 0) is 32.1 Å². The fourth-order valence-electron chi connectivity index (χ4n) is 2.34. The van der Waals surface area contributed by atoms with Gasteiger partial charge in [0, 0.05) is 5.54 Å². The SMILES string of the molecule is CC.CCC1(N)CCC2CCC1O2. The van der Waals surface area contributed by atoms with E-state index in [0.29, 0.717) is 12.2 Å². The smallest absolute Gasteiger partial charge is 0.0759 e. The summed E-state index contributed by atoms with van der Waals surface area (Å²) in [6.45, 7) is 6.17. The number of rotatable bonds is 1. The van der Waals surface area contributed by atoms with Gasteiger partial charge in [0.1, 0.15) is 0 Å². The zero-order chi connectivity index (χ0) is 9.90. The number of hydrogen-bond acceptors (Lipinski definition) is 2. The minimum atomic E-state index is 0.00694. The first-order valence-corrected chi connectivity index (χ1v) is 5.69. The molecule has 0 aliphatic carbocycles. The van der Waals surface area contributed by atoms with Crippen molar-refractivity contribution >= 4 is 0 Å². The van der Waals surface area contributed by atoms with Crippen molar-refractivity contribution in [1.29, 1.82) is 0 Å². The molecule has 78 valence electrons. The van der Waals surface area contributed by atoms with Crippen LogP contribution in [0.5, 0.6) is 0 Å². The first-order valence-electron chi connectivity index (χ1n) is 5.69. The molecule has 2 saturated heterocycles. The van der Waals surface area contributed by atoms with Gasteiger partial charge in [-0.3, -0.25) is 0 Å². The largest absolute Gasteiger partial charge is 0.373 e. The maximum absolute atomic E-state index is 6.21. The molecule has 2 heteroatoms. The fourth-order valence-corrected chi connectivity index (χ4v) is 2.34. The van der Waals surface area contributed by atoms with E-state index >= 15 is 0 Å². The van der Waals surface area contributed by atoms with Crippen molar-refractivity contribution in [1.82, 2.24) is 0 Å². The summed E-state index contributed by atoms with van der Waals surface area (Å²) in [5, 5.41) is 0. The average molecular weight is 185 g/mol. The van der Waals surface area contributed by atoms with Gasteiger partial charge in [-0.25, -0.2) is 0 Å². The van der Waals surface area contributed by atoms with E-state index in [2.05, 4.69) is 6.92 Å². The molecular weight excluding hydrogens is 162 g/mol. The molecule has 0 aromatic rings. The van der Waals surface area contributed by atoms with Crippen molar-refractivity contribution in [3.8, 4) is 0 Å². The lowest BCUT2D eigenvalue weighted by Gasteiger charge is -2.38. The molecule has 0 aromatic carbocycles. The molecule has 3 unspecified atom stereocenters. The Kier molecular flexibility index (Phi) is 3.74. The van der Waals surface area contributed by atoms with Crippen LogP contribution in [-0.4, -0.2) is 17.7 Å². The molecule has 0 spiro atoms. The minimum Gasteiger partial charge on any atom is -0.373 e. The van der Waals surface area contributed by atoms with Crippen molar-refractivity contribution in [2.75, 3.05) is 0 Å². The summed E-state index contributed by atoms with van der Waals surface area (Å²) in [5.41, 5.74) is 6.22. The van der Waals surface area contributed by atoms with Crippen molar-refractivity contribution in [3.63, 3.8) is 0 Å². The summed E-state index contributed by atoms with van der Waals surface area (Å²) >= 11 is 0. The van der Waals surface area contributed by atoms with Gasteiger partial charge in [0.2, 0.25) is 0 Å². The topological polar surface area (TPSA) is 35.2 Å². The third-order valence-electron chi connectivity index (χ3n) is 3.34. The van der Waals surface area contributed by atoms with Crippen LogP contribution in [0.3, 0.4) is 0 Å². The second-order valence-electron chi connectivity index (χ2n) is 3.95. The molecular formula is C11H23NO. The Morgan fingerprint density at radius 3 is 2.62 bits per heavy atom. The van der Waals surface area contributed by atoms with Gasteiger partial charge in [0.15, 0.2) is 0 Å². The van der Waals surface area contributed by atoms with Crippen molar-refractivity contribution in [3.05, 3.63) is 0 Å². The fraction of sp³-hybridized carbons (Fsp3) is 1.00. The quantitative estimate of drug-likeness (QED) is 0.681. The molecule has 0 saturated carbocycles. The summed E-state index contributed by atoms with van der Waals surface area (Å²) in [4.78, 5) is 0. The van der Waals surface area contributed by atoms with Gasteiger partial charge in [0.05, 0.1) is 12.2 Å². The summed E-state index contributed by atoms with van der Waals surface area (Å²) < 4.78 is 5.78. The van der Waals surface area contributed by atoms with Crippen LogP contribution in [0, 0.1) is 0 Å². The predicted octanol–water partition coefficient (Wildman–Crippen LogP) is 2.46. The molecule has 2 aliphatic heterocycles. The number of fused-ring (bicyclic) bond motifs is 2. The highest BCUT2D eigenvalue weighted by Crippen LogP contribution is 2.39. The van der Waals surface area contributed by atoms with E-state index in [4.69, 9.17) is 10.5 Å². The van der Waals surface area contributed by atoms with E-state index in [-0.39, 0.29) is 5.54 Å². The zero-order valence-electron chi connectivity index (χ0n) is 9.18. The van der Waals surface area contributed by atoms with E-state index in [1.807, 2.05) is 13.8 Å². The van der Waals surface area contributed by atoms with Crippen molar-refractivity contribution < 1.29 is 4.74 Å². The maximum atomic E-state index is 6.21. The summed E-state index contributed by atoms with van der Waals surface area (Å²) in [6.07, 6.45) is 6.75. The summed E-state index contributed by atoms with van der Waals surface area (Å²) in [7, 11) is 0. The van der Waals surface area contributed by atoms with Gasteiger partial charge < -0.3 is 10.5 Å². The van der Waals surface area contributed by atoms with Crippen molar-refractivity contribution in [2.24, 2.45) is 5.73 Å². The number of nitrogens with two attached hydrogens (primary N) is 1. The molecule has 0 amide bonds. The highest BCUT2D eigenvalue weighted by molar-refractivity contribution is 4.99. The highest BCUT2D eigenvalue weighted by atomic mass is 16.5. The van der Waals surface area contributed by atoms with Gasteiger partial charge in [-0.15, -0.1) is 0 Å². The molecule has 2 heterocycles. The van der Waals surface area contributed by atoms with Crippen LogP contribution in [0.15, 0.2) is 0 Å². The molecule has 2 nitrogen and oxygen atoms in total. The number of hydrogen-bond donors (Lipinski definition) is 1. The lowest BCUT2D eigenvalue weighted by atomic mass is 9.85. The van der Waals surface area contributed by atoms with Gasteiger partial charge >= 0.3 is 0 Å². The molecule has 2 bridgehead atoms. The Labute approximate surface area is 81.8 Å². The second kappa shape index (κ2) is 4.43. The monoisotopic (exact) mass is 185 g/mol. The van der Waals surface area contributed by atoms with Gasteiger partial charge in [0.25, 0.3) is 0 Å². The Hall–Kier alpha value is -0.0800. The molecule has 2 aliphatic rings. The molecule has 2 N–H and O–H groups in total. The maximum Gasteiger partial charge on any atom is 0.0759 e. The van der Waals surface area contributed by atoms with Crippen LogP contribution >= 0.6 is 0 Å².